The molecule has 1 atom stereocenters. The van der Waals surface area contributed by atoms with Gasteiger partial charge < -0.3 is 4.74 Å². The SMILES string of the molecule is CC(C)CC(C)OC(C)(C)CC(C)(C)C. The molecule has 92 valence electrons. The van der Waals surface area contributed by atoms with Crippen molar-refractivity contribution in [1.29, 1.82) is 0 Å². The fourth-order valence-corrected chi connectivity index (χ4v) is 2.58. The first-order valence-corrected chi connectivity index (χ1v) is 6.20. The van der Waals surface area contributed by atoms with Gasteiger partial charge in [0.15, 0.2) is 0 Å². The molecule has 0 radical (unpaired) electrons. The highest BCUT2D eigenvalue weighted by Crippen LogP contribution is 2.31. The van der Waals surface area contributed by atoms with Crippen LogP contribution in [0.4, 0.5) is 0 Å². The Bertz CT molecular complexity index is 174. The van der Waals surface area contributed by atoms with Crippen molar-refractivity contribution in [3.63, 3.8) is 0 Å². The van der Waals surface area contributed by atoms with Crippen molar-refractivity contribution >= 4 is 0 Å². The van der Waals surface area contributed by atoms with Crippen molar-refractivity contribution < 1.29 is 4.74 Å². The molecule has 0 bridgehead atoms. The number of rotatable bonds is 5. The fraction of sp³-hybridized carbons (Fsp3) is 1.00. The van der Waals surface area contributed by atoms with Crippen LogP contribution in [-0.4, -0.2) is 11.7 Å². The molecule has 0 aliphatic rings. The van der Waals surface area contributed by atoms with Gasteiger partial charge in [-0.25, -0.2) is 0 Å². The zero-order valence-corrected chi connectivity index (χ0v) is 12.0. The molecule has 0 saturated carbocycles. The zero-order valence-electron chi connectivity index (χ0n) is 12.0. The molecule has 0 aliphatic heterocycles. The highest BCUT2D eigenvalue weighted by atomic mass is 16.5. The Labute approximate surface area is 96.6 Å². The van der Waals surface area contributed by atoms with Crippen molar-refractivity contribution in [2.24, 2.45) is 11.3 Å². The molecule has 1 unspecified atom stereocenters. The molecule has 0 saturated heterocycles. The van der Waals surface area contributed by atoms with Gasteiger partial charge in [0.25, 0.3) is 0 Å². The van der Waals surface area contributed by atoms with E-state index in [1.807, 2.05) is 0 Å². The average molecular weight is 214 g/mol. The number of hydrogen-bond donors (Lipinski definition) is 0. The number of ether oxygens (including phenoxy) is 1. The minimum absolute atomic E-state index is 0.00738. The summed E-state index contributed by atoms with van der Waals surface area (Å²) in [6.07, 6.45) is 2.61. The quantitative estimate of drug-likeness (QED) is 0.647. The van der Waals surface area contributed by atoms with Gasteiger partial charge in [0.1, 0.15) is 0 Å². The van der Waals surface area contributed by atoms with E-state index in [0.29, 0.717) is 17.4 Å². The average Bonchev–Trinajstić information content (AvgIpc) is 1.73. The molecule has 0 rings (SSSR count). The van der Waals surface area contributed by atoms with Gasteiger partial charge in [0.2, 0.25) is 0 Å². The molecule has 1 heteroatoms. The first-order chi connectivity index (χ1) is 6.52. The lowest BCUT2D eigenvalue weighted by Crippen LogP contribution is -2.34. The van der Waals surface area contributed by atoms with E-state index in [-0.39, 0.29) is 5.60 Å². The molecule has 15 heavy (non-hydrogen) atoms. The lowest BCUT2D eigenvalue weighted by molar-refractivity contribution is -0.0891. The maximum Gasteiger partial charge on any atom is 0.0635 e. The van der Waals surface area contributed by atoms with Gasteiger partial charge in [-0.2, -0.15) is 0 Å². The third-order valence-electron chi connectivity index (χ3n) is 2.28. The zero-order chi connectivity index (χ0) is 12.3. The van der Waals surface area contributed by atoms with Gasteiger partial charge in [-0.15, -0.1) is 0 Å². The van der Waals surface area contributed by atoms with Gasteiger partial charge in [-0.1, -0.05) is 34.6 Å². The lowest BCUT2D eigenvalue weighted by Gasteiger charge is -2.35. The van der Waals surface area contributed by atoms with Gasteiger partial charge >= 0.3 is 0 Å². The Hall–Kier alpha value is -0.0400. The summed E-state index contributed by atoms with van der Waals surface area (Å²) in [4.78, 5) is 0. The summed E-state index contributed by atoms with van der Waals surface area (Å²) in [5.74, 6) is 0.713. The van der Waals surface area contributed by atoms with Crippen LogP contribution in [0.5, 0.6) is 0 Å². The van der Waals surface area contributed by atoms with E-state index < -0.39 is 0 Å². The second kappa shape index (κ2) is 5.34. The Kier molecular flexibility index (Phi) is 5.32. The van der Waals surface area contributed by atoms with Crippen LogP contribution in [-0.2, 0) is 4.74 Å². The van der Waals surface area contributed by atoms with Crippen LogP contribution in [0.3, 0.4) is 0 Å². The summed E-state index contributed by atoms with van der Waals surface area (Å²) in [6.45, 7) is 17.9. The van der Waals surface area contributed by atoms with E-state index in [2.05, 4.69) is 55.4 Å². The molecular weight excluding hydrogens is 184 g/mol. The Morgan fingerprint density at radius 1 is 0.933 bits per heavy atom. The molecule has 0 fully saturated rings. The molecule has 0 aliphatic carbocycles. The maximum atomic E-state index is 6.12. The summed E-state index contributed by atoms with van der Waals surface area (Å²) in [5, 5.41) is 0. The monoisotopic (exact) mass is 214 g/mol. The second-order valence-corrected chi connectivity index (χ2v) is 7.06. The Morgan fingerprint density at radius 3 is 1.73 bits per heavy atom. The normalized spacial score (nSPS) is 15.8. The van der Waals surface area contributed by atoms with E-state index >= 15 is 0 Å². The first kappa shape index (κ1) is 15.0. The minimum Gasteiger partial charge on any atom is -0.373 e. The molecule has 1 nitrogen and oxygen atoms in total. The fourth-order valence-electron chi connectivity index (χ4n) is 2.58. The van der Waals surface area contributed by atoms with Crippen LogP contribution in [0.25, 0.3) is 0 Å². The van der Waals surface area contributed by atoms with Gasteiger partial charge in [0.05, 0.1) is 11.7 Å². The standard InChI is InChI=1S/C14H30O/c1-11(2)9-12(3)15-14(7,8)10-13(4,5)6/h11-12H,9-10H2,1-8H3. The summed E-state index contributed by atoms with van der Waals surface area (Å²) in [7, 11) is 0. The topological polar surface area (TPSA) is 9.23 Å². The molecule has 0 spiro atoms. The molecule has 0 amide bonds. The lowest BCUT2D eigenvalue weighted by atomic mass is 9.83. The van der Waals surface area contributed by atoms with Gasteiger partial charge in [-0.05, 0) is 44.9 Å². The third kappa shape index (κ3) is 8.92. The van der Waals surface area contributed by atoms with Crippen LogP contribution in [0.15, 0.2) is 0 Å². The molecule has 0 aromatic heterocycles. The van der Waals surface area contributed by atoms with Crippen LogP contribution < -0.4 is 0 Å². The predicted molar refractivity (Wildman–Crippen MR) is 68.2 cm³/mol. The van der Waals surface area contributed by atoms with Crippen molar-refractivity contribution in [3.05, 3.63) is 0 Å². The van der Waals surface area contributed by atoms with E-state index in [1.54, 1.807) is 0 Å². The molecule has 0 aromatic carbocycles. The van der Waals surface area contributed by atoms with E-state index in [0.717, 1.165) is 12.8 Å². The van der Waals surface area contributed by atoms with Crippen LogP contribution in [0.1, 0.15) is 68.2 Å². The molecule has 0 N–H and O–H groups in total. The second-order valence-electron chi connectivity index (χ2n) is 7.06. The maximum absolute atomic E-state index is 6.12. The van der Waals surface area contributed by atoms with E-state index in [1.165, 1.54) is 0 Å². The summed E-state index contributed by atoms with van der Waals surface area (Å²) >= 11 is 0. The van der Waals surface area contributed by atoms with E-state index in [4.69, 9.17) is 4.74 Å². The van der Waals surface area contributed by atoms with Crippen molar-refractivity contribution in [3.8, 4) is 0 Å². The largest absolute Gasteiger partial charge is 0.373 e. The predicted octanol–water partition coefficient (Wildman–Crippen LogP) is 4.65. The van der Waals surface area contributed by atoms with Gasteiger partial charge in [0, 0.05) is 0 Å². The Morgan fingerprint density at radius 2 is 1.40 bits per heavy atom. The number of hydrogen-bond acceptors (Lipinski definition) is 1. The van der Waals surface area contributed by atoms with Crippen molar-refractivity contribution in [2.45, 2.75) is 79.9 Å². The van der Waals surface area contributed by atoms with Crippen LogP contribution >= 0.6 is 0 Å². The van der Waals surface area contributed by atoms with Crippen molar-refractivity contribution in [1.82, 2.24) is 0 Å². The smallest absolute Gasteiger partial charge is 0.0635 e. The van der Waals surface area contributed by atoms with Crippen LogP contribution in [0, 0.1) is 11.3 Å². The van der Waals surface area contributed by atoms with Crippen molar-refractivity contribution in [2.75, 3.05) is 0 Å². The highest BCUT2D eigenvalue weighted by molar-refractivity contribution is 4.78. The first-order valence-electron chi connectivity index (χ1n) is 6.20. The van der Waals surface area contributed by atoms with E-state index in [9.17, 15) is 0 Å². The summed E-state index contributed by atoms with van der Waals surface area (Å²) in [6, 6.07) is 0. The molecule has 0 aromatic rings. The summed E-state index contributed by atoms with van der Waals surface area (Å²) < 4.78 is 6.12. The molecular formula is C14H30O. The van der Waals surface area contributed by atoms with Gasteiger partial charge in [-0.3, -0.25) is 0 Å². The summed E-state index contributed by atoms with van der Waals surface area (Å²) in [5.41, 5.74) is 0.327. The minimum atomic E-state index is -0.00738. The van der Waals surface area contributed by atoms with Crippen LogP contribution in [0.2, 0.25) is 0 Å². The molecule has 0 heterocycles. The third-order valence-corrected chi connectivity index (χ3v) is 2.28. The Balaban J connectivity index is 4.13. The highest BCUT2D eigenvalue weighted by Gasteiger charge is 2.27.